The van der Waals surface area contributed by atoms with Crippen LogP contribution < -0.4 is 5.32 Å². The average molecular weight is 323 g/mol. The van der Waals surface area contributed by atoms with Crippen molar-refractivity contribution in [3.8, 4) is 11.3 Å². The van der Waals surface area contributed by atoms with Crippen LogP contribution in [0.5, 0.6) is 0 Å². The molecule has 0 unspecified atom stereocenters. The predicted octanol–water partition coefficient (Wildman–Crippen LogP) is 5.47. The third kappa shape index (κ3) is 2.61. The van der Waals surface area contributed by atoms with Gasteiger partial charge in [0.05, 0.1) is 20.9 Å². The molecule has 22 heavy (non-hydrogen) atoms. The number of thiazole rings is 2. The molecule has 0 saturated heterocycles. The minimum Gasteiger partial charge on any atom is -0.332 e. The highest BCUT2D eigenvalue weighted by Crippen LogP contribution is 2.30. The topological polar surface area (TPSA) is 37.8 Å². The number of aromatic nitrogens is 2. The molecule has 0 saturated carbocycles. The van der Waals surface area contributed by atoms with Gasteiger partial charge in [0.15, 0.2) is 5.13 Å². The minimum absolute atomic E-state index is 0.910. The maximum absolute atomic E-state index is 4.61. The SMILES string of the molecule is Cc1nc(-c2cccc(Nc3nc4ccccc4s3)c2)cs1. The zero-order chi connectivity index (χ0) is 14.9. The fourth-order valence-corrected chi connectivity index (χ4v) is 3.81. The van der Waals surface area contributed by atoms with Crippen LogP contribution in [0.4, 0.5) is 10.8 Å². The summed E-state index contributed by atoms with van der Waals surface area (Å²) in [5.74, 6) is 0. The highest BCUT2D eigenvalue weighted by Gasteiger charge is 2.06. The number of benzene rings is 2. The lowest BCUT2D eigenvalue weighted by atomic mass is 10.1. The van der Waals surface area contributed by atoms with Crippen LogP contribution in [0.3, 0.4) is 0 Å². The minimum atomic E-state index is 0.910. The van der Waals surface area contributed by atoms with E-state index >= 15 is 0 Å². The summed E-state index contributed by atoms with van der Waals surface area (Å²) in [5, 5.41) is 7.48. The van der Waals surface area contributed by atoms with Crippen LogP contribution in [0.25, 0.3) is 21.5 Å². The van der Waals surface area contributed by atoms with Crippen molar-refractivity contribution in [1.29, 1.82) is 0 Å². The second-order valence-electron chi connectivity index (χ2n) is 4.94. The first-order valence-corrected chi connectivity index (χ1v) is 8.63. The van der Waals surface area contributed by atoms with Crippen LogP contribution in [0.1, 0.15) is 5.01 Å². The fraction of sp³-hybridized carbons (Fsp3) is 0.0588. The van der Waals surface area contributed by atoms with Crippen LogP contribution in [-0.2, 0) is 0 Å². The van der Waals surface area contributed by atoms with Crippen molar-refractivity contribution in [3.63, 3.8) is 0 Å². The maximum atomic E-state index is 4.61. The van der Waals surface area contributed by atoms with E-state index in [0.29, 0.717) is 0 Å². The number of hydrogen-bond acceptors (Lipinski definition) is 5. The molecule has 1 N–H and O–H groups in total. The molecule has 4 rings (SSSR count). The Hall–Kier alpha value is -2.24. The molecule has 3 nitrogen and oxygen atoms in total. The summed E-state index contributed by atoms with van der Waals surface area (Å²) in [4.78, 5) is 9.15. The Balaban J connectivity index is 1.65. The molecule has 0 spiro atoms. The standard InChI is InChI=1S/C17H13N3S2/c1-11-18-15(10-21-11)12-5-4-6-13(9-12)19-17-20-14-7-2-3-8-16(14)22-17/h2-10H,1H3,(H,19,20). The van der Waals surface area contributed by atoms with Crippen molar-refractivity contribution in [2.45, 2.75) is 6.92 Å². The van der Waals surface area contributed by atoms with E-state index in [2.05, 4.69) is 44.9 Å². The maximum Gasteiger partial charge on any atom is 0.188 e. The molecule has 0 amide bonds. The van der Waals surface area contributed by atoms with Crippen molar-refractivity contribution in [2.24, 2.45) is 0 Å². The van der Waals surface area contributed by atoms with E-state index in [0.717, 1.165) is 32.6 Å². The van der Waals surface area contributed by atoms with Gasteiger partial charge in [-0.3, -0.25) is 0 Å². The Morgan fingerprint density at radius 1 is 1.00 bits per heavy atom. The first kappa shape index (κ1) is 13.4. The summed E-state index contributed by atoms with van der Waals surface area (Å²) in [5.41, 5.74) is 4.20. The van der Waals surface area contributed by atoms with Gasteiger partial charge in [-0.25, -0.2) is 9.97 Å². The van der Waals surface area contributed by atoms with Crippen LogP contribution in [0.2, 0.25) is 0 Å². The number of nitrogens with one attached hydrogen (secondary N) is 1. The molecule has 0 bridgehead atoms. The lowest BCUT2D eigenvalue weighted by Gasteiger charge is -2.04. The molecule has 2 aromatic carbocycles. The van der Waals surface area contributed by atoms with Crippen LogP contribution in [0, 0.1) is 6.92 Å². The summed E-state index contributed by atoms with van der Waals surface area (Å²) < 4.78 is 1.19. The summed E-state index contributed by atoms with van der Waals surface area (Å²) in [7, 11) is 0. The Bertz CT molecular complexity index is 907. The largest absolute Gasteiger partial charge is 0.332 e. The third-order valence-electron chi connectivity index (χ3n) is 3.32. The van der Waals surface area contributed by atoms with E-state index in [9.17, 15) is 0 Å². The molecule has 0 radical (unpaired) electrons. The Kier molecular flexibility index (Phi) is 3.36. The number of para-hydroxylation sites is 1. The summed E-state index contributed by atoms with van der Waals surface area (Å²) in [6, 6.07) is 16.5. The molecule has 2 aromatic heterocycles. The second kappa shape index (κ2) is 5.51. The Labute approximate surface area is 136 Å². The number of fused-ring (bicyclic) bond motifs is 1. The molecule has 0 aliphatic carbocycles. The lowest BCUT2D eigenvalue weighted by Crippen LogP contribution is -1.89. The summed E-state index contributed by atoms with van der Waals surface area (Å²) in [6.45, 7) is 2.03. The molecular formula is C17H13N3S2. The normalized spacial score (nSPS) is 11.0. The lowest BCUT2D eigenvalue weighted by molar-refractivity contribution is 1.30. The van der Waals surface area contributed by atoms with Gasteiger partial charge in [0, 0.05) is 16.6 Å². The number of hydrogen-bond donors (Lipinski definition) is 1. The smallest absolute Gasteiger partial charge is 0.188 e. The Morgan fingerprint density at radius 2 is 1.91 bits per heavy atom. The van der Waals surface area contributed by atoms with Crippen molar-refractivity contribution in [2.75, 3.05) is 5.32 Å². The molecular weight excluding hydrogens is 310 g/mol. The Morgan fingerprint density at radius 3 is 2.73 bits per heavy atom. The number of aryl methyl sites for hydroxylation is 1. The molecule has 108 valence electrons. The molecule has 2 heterocycles. The predicted molar refractivity (Wildman–Crippen MR) is 95.2 cm³/mol. The van der Waals surface area contributed by atoms with E-state index in [1.807, 2.05) is 31.2 Å². The van der Waals surface area contributed by atoms with E-state index in [1.165, 1.54) is 4.70 Å². The molecule has 0 aliphatic heterocycles. The van der Waals surface area contributed by atoms with Gasteiger partial charge in [0.25, 0.3) is 0 Å². The van der Waals surface area contributed by atoms with E-state index in [4.69, 9.17) is 0 Å². The average Bonchev–Trinajstić information content (AvgIpc) is 3.13. The van der Waals surface area contributed by atoms with Gasteiger partial charge in [0.1, 0.15) is 0 Å². The summed E-state index contributed by atoms with van der Waals surface area (Å²) >= 11 is 3.33. The quantitative estimate of drug-likeness (QED) is 0.543. The highest BCUT2D eigenvalue weighted by atomic mass is 32.1. The van der Waals surface area contributed by atoms with Gasteiger partial charge in [0.2, 0.25) is 0 Å². The zero-order valence-corrected chi connectivity index (χ0v) is 13.5. The van der Waals surface area contributed by atoms with Crippen LogP contribution in [-0.4, -0.2) is 9.97 Å². The molecule has 0 aliphatic rings. The van der Waals surface area contributed by atoms with E-state index in [1.54, 1.807) is 22.7 Å². The van der Waals surface area contributed by atoms with Gasteiger partial charge in [-0.15, -0.1) is 11.3 Å². The number of nitrogens with zero attached hydrogens (tertiary/aromatic N) is 2. The zero-order valence-electron chi connectivity index (χ0n) is 11.9. The molecule has 4 aromatic rings. The number of anilines is 2. The fourth-order valence-electron chi connectivity index (χ4n) is 2.30. The summed E-state index contributed by atoms with van der Waals surface area (Å²) in [6.07, 6.45) is 0. The van der Waals surface area contributed by atoms with Crippen LogP contribution in [0.15, 0.2) is 53.9 Å². The van der Waals surface area contributed by atoms with Gasteiger partial charge < -0.3 is 5.32 Å². The van der Waals surface area contributed by atoms with E-state index in [-0.39, 0.29) is 0 Å². The van der Waals surface area contributed by atoms with Crippen molar-refractivity contribution in [3.05, 3.63) is 58.9 Å². The first-order chi connectivity index (χ1) is 10.8. The number of rotatable bonds is 3. The third-order valence-corrected chi connectivity index (χ3v) is 5.05. The highest BCUT2D eigenvalue weighted by molar-refractivity contribution is 7.22. The molecule has 5 heteroatoms. The van der Waals surface area contributed by atoms with Crippen molar-refractivity contribution < 1.29 is 0 Å². The molecule has 0 atom stereocenters. The first-order valence-electron chi connectivity index (χ1n) is 6.93. The van der Waals surface area contributed by atoms with E-state index < -0.39 is 0 Å². The van der Waals surface area contributed by atoms with Gasteiger partial charge in [-0.05, 0) is 31.2 Å². The van der Waals surface area contributed by atoms with Crippen LogP contribution >= 0.6 is 22.7 Å². The van der Waals surface area contributed by atoms with Gasteiger partial charge >= 0.3 is 0 Å². The van der Waals surface area contributed by atoms with Crippen molar-refractivity contribution in [1.82, 2.24) is 9.97 Å². The van der Waals surface area contributed by atoms with Gasteiger partial charge in [-0.2, -0.15) is 0 Å². The monoisotopic (exact) mass is 323 g/mol. The second-order valence-corrected chi connectivity index (χ2v) is 7.04. The van der Waals surface area contributed by atoms with Crippen molar-refractivity contribution >= 4 is 43.7 Å². The molecule has 0 fully saturated rings. The van der Waals surface area contributed by atoms with Gasteiger partial charge in [-0.1, -0.05) is 35.6 Å².